The molecule has 9 rings (SSSR count). The fraction of sp³-hybridized carbons (Fsp3) is 0.263. The number of aromatic nitrogens is 4. The Morgan fingerprint density at radius 1 is 1.10 bits per heavy atom. The minimum Gasteiger partial charge on any atom is -0.421 e. The Morgan fingerprint density at radius 2 is 1.94 bits per heavy atom. The number of anilines is 1. The van der Waals surface area contributed by atoms with Gasteiger partial charge in [0.25, 0.3) is 5.91 Å². The summed E-state index contributed by atoms with van der Waals surface area (Å²) >= 11 is 7.80. The number of aryl methyl sites for hydroxylation is 3. The second-order valence-electron chi connectivity index (χ2n) is 13.1. The van der Waals surface area contributed by atoms with E-state index in [2.05, 4.69) is 15.5 Å². The van der Waals surface area contributed by atoms with Crippen molar-refractivity contribution in [3.8, 4) is 28.0 Å². The second-order valence-corrected chi connectivity index (χ2v) is 14.6. The lowest BCUT2D eigenvalue weighted by atomic mass is 9.93. The maximum absolute atomic E-state index is 15.2. The van der Waals surface area contributed by atoms with E-state index in [1.165, 1.54) is 23.5 Å². The van der Waals surface area contributed by atoms with Crippen LogP contribution in [0.4, 0.5) is 14.6 Å². The Bertz CT molecular complexity index is 2460. The summed E-state index contributed by atoms with van der Waals surface area (Å²) in [4.78, 5) is 26.8. The molecule has 1 N–H and O–H groups in total. The highest BCUT2D eigenvalue weighted by Crippen LogP contribution is 2.51. The minimum absolute atomic E-state index is 0.0651. The van der Waals surface area contributed by atoms with Gasteiger partial charge in [0.05, 0.1) is 44.3 Å². The summed E-state index contributed by atoms with van der Waals surface area (Å²) in [6.07, 6.45) is 5.61. The van der Waals surface area contributed by atoms with Crippen LogP contribution in [0.3, 0.4) is 0 Å². The molecule has 2 aliphatic heterocycles. The minimum atomic E-state index is -0.565. The third kappa shape index (κ3) is 5.17. The van der Waals surface area contributed by atoms with Crippen LogP contribution in [0.5, 0.6) is 0 Å². The van der Waals surface area contributed by atoms with Gasteiger partial charge in [-0.3, -0.25) is 9.78 Å². The van der Waals surface area contributed by atoms with Gasteiger partial charge in [0.1, 0.15) is 29.1 Å². The zero-order chi connectivity index (χ0) is 35.0. The molecule has 1 unspecified atom stereocenters. The van der Waals surface area contributed by atoms with Gasteiger partial charge >= 0.3 is 0 Å². The number of amides is 1. The van der Waals surface area contributed by atoms with Crippen LogP contribution in [-0.2, 0) is 19.3 Å². The van der Waals surface area contributed by atoms with Crippen LogP contribution in [0.2, 0.25) is 5.02 Å². The number of rotatable bonds is 7. The number of thiophene rings is 1. The Labute approximate surface area is 299 Å². The number of carbonyl (C=O) groups is 1. The van der Waals surface area contributed by atoms with Gasteiger partial charge in [-0.2, -0.15) is 5.26 Å². The van der Waals surface area contributed by atoms with E-state index in [1.54, 1.807) is 31.3 Å². The number of pyridine rings is 2. The molecule has 1 amide bonds. The van der Waals surface area contributed by atoms with Crippen molar-refractivity contribution in [2.45, 2.75) is 57.5 Å². The molecule has 0 saturated carbocycles. The van der Waals surface area contributed by atoms with Crippen molar-refractivity contribution in [2.24, 2.45) is 0 Å². The summed E-state index contributed by atoms with van der Waals surface area (Å²) in [7, 11) is 0. The molecule has 3 aliphatic rings. The Balaban J connectivity index is 1.19. The molecule has 254 valence electrons. The zero-order valence-electron chi connectivity index (χ0n) is 27.3. The van der Waals surface area contributed by atoms with E-state index in [4.69, 9.17) is 26.0 Å². The maximum Gasteiger partial charge on any atom is 0.257 e. The molecule has 13 heteroatoms. The quantitative estimate of drug-likeness (QED) is 0.174. The number of nitrogens with one attached hydrogen (secondary N) is 1. The molecule has 4 aromatic heterocycles. The lowest BCUT2D eigenvalue weighted by molar-refractivity contribution is 0.0776. The molecule has 1 aliphatic carbocycles. The summed E-state index contributed by atoms with van der Waals surface area (Å²) in [5, 5.41) is 22.5. The van der Waals surface area contributed by atoms with Gasteiger partial charge in [-0.25, -0.2) is 13.8 Å². The van der Waals surface area contributed by atoms with E-state index >= 15 is 4.39 Å². The second kappa shape index (κ2) is 12.2. The average Bonchev–Trinajstić information content (AvgIpc) is 3.96. The van der Waals surface area contributed by atoms with Gasteiger partial charge < -0.3 is 14.6 Å². The highest BCUT2D eigenvalue weighted by molar-refractivity contribution is 7.23. The van der Waals surface area contributed by atoms with Crippen molar-refractivity contribution >= 4 is 44.7 Å². The van der Waals surface area contributed by atoms with Crippen LogP contribution in [0.1, 0.15) is 81.2 Å². The molecule has 6 heterocycles. The molecule has 51 heavy (non-hydrogen) atoms. The molecule has 0 spiro atoms. The molecule has 9 nitrogen and oxygen atoms in total. The monoisotopic (exact) mass is 719 g/mol. The highest BCUT2D eigenvalue weighted by Gasteiger charge is 2.45. The van der Waals surface area contributed by atoms with E-state index in [0.29, 0.717) is 71.8 Å². The number of fused-ring (bicyclic) bond motifs is 5. The molecular weight excluding hydrogens is 692 g/mol. The third-order valence-corrected chi connectivity index (χ3v) is 11.6. The Morgan fingerprint density at radius 3 is 2.73 bits per heavy atom. The number of nitrogens with zero attached hydrogens (tertiary/aromatic N) is 6. The predicted molar refractivity (Wildman–Crippen MR) is 189 cm³/mol. The van der Waals surface area contributed by atoms with E-state index in [-0.39, 0.29) is 40.3 Å². The van der Waals surface area contributed by atoms with Gasteiger partial charge in [0.15, 0.2) is 0 Å². The number of nitriles is 1. The van der Waals surface area contributed by atoms with Gasteiger partial charge in [-0.05, 0) is 90.9 Å². The first-order chi connectivity index (χ1) is 24.8. The fourth-order valence-electron chi connectivity index (χ4n) is 7.81. The fourth-order valence-corrected chi connectivity index (χ4v) is 9.22. The van der Waals surface area contributed by atoms with Gasteiger partial charge in [-0.15, -0.1) is 21.5 Å². The normalized spacial score (nSPS) is 17.5. The largest absolute Gasteiger partial charge is 0.421 e. The molecule has 6 aromatic rings. The van der Waals surface area contributed by atoms with Crippen LogP contribution in [0, 0.1) is 29.9 Å². The van der Waals surface area contributed by atoms with E-state index in [9.17, 15) is 14.4 Å². The van der Waals surface area contributed by atoms with Gasteiger partial charge in [0.2, 0.25) is 11.8 Å². The maximum atomic E-state index is 15.2. The standard InChI is InChI=1S/C38H28ClF2N7O2S/c1-18-46-47-37(50-18)30-27(10-6-19-4-7-21(40)8-5-19)44-34-28-3-2-14-48(28)38(49)32(34)31(30)29-15-20-12-13-43-36(35(20)51-29)45-26-11-9-22-23(26)16-25(39)24(17-42)33(22)41/h4-5,7-8,12-13,15-16,26,28H,2-3,6,9-11,14H2,1H3,(H,43,45)/t26-,28?/m1/s1. The summed E-state index contributed by atoms with van der Waals surface area (Å²) < 4.78 is 35.8. The van der Waals surface area contributed by atoms with Crippen molar-refractivity contribution in [3.05, 3.63) is 110 Å². The summed E-state index contributed by atoms with van der Waals surface area (Å²) in [5.41, 5.74) is 5.37. The van der Waals surface area contributed by atoms with Crippen LogP contribution >= 0.6 is 22.9 Å². The van der Waals surface area contributed by atoms with Crippen molar-refractivity contribution < 1.29 is 18.0 Å². The first-order valence-corrected chi connectivity index (χ1v) is 18.0. The third-order valence-electron chi connectivity index (χ3n) is 10.2. The number of benzene rings is 2. The first-order valence-electron chi connectivity index (χ1n) is 16.8. The number of hydrogen-bond donors (Lipinski definition) is 1. The summed E-state index contributed by atoms with van der Waals surface area (Å²) in [6.45, 7) is 2.38. The molecule has 1 fully saturated rings. The number of carbonyl (C=O) groups excluding carboxylic acids is 1. The molecule has 2 atom stereocenters. The Hall–Kier alpha value is -5.25. The van der Waals surface area contributed by atoms with Crippen molar-refractivity contribution in [2.75, 3.05) is 11.9 Å². The van der Waals surface area contributed by atoms with Gasteiger partial charge in [-0.1, -0.05) is 23.7 Å². The van der Waals surface area contributed by atoms with E-state index in [1.807, 2.05) is 23.1 Å². The highest BCUT2D eigenvalue weighted by atomic mass is 35.5. The lowest BCUT2D eigenvalue weighted by Crippen LogP contribution is -2.22. The molecule has 2 aromatic carbocycles. The summed E-state index contributed by atoms with van der Waals surface area (Å²) in [5.74, 6) is 0.350. The van der Waals surface area contributed by atoms with Crippen molar-refractivity contribution in [3.63, 3.8) is 0 Å². The smallest absolute Gasteiger partial charge is 0.257 e. The van der Waals surface area contributed by atoms with E-state index in [0.717, 1.165) is 44.8 Å². The van der Waals surface area contributed by atoms with Gasteiger partial charge in [0, 0.05) is 30.1 Å². The average molecular weight is 720 g/mol. The lowest BCUT2D eigenvalue weighted by Gasteiger charge is -2.16. The zero-order valence-corrected chi connectivity index (χ0v) is 28.8. The number of halogens is 3. The first kappa shape index (κ1) is 31.7. The molecule has 0 bridgehead atoms. The summed E-state index contributed by atoms with van der Waals surface area (Å²) in [6, 6.07) is 13.6. The van der Waals surface area contributed by atoms with E-state index < -0.39 is 5.82 Å². The van der Waals surface area contributed by atoms with Crippen molar-refractivity contribution in [1.29, 1.82) is 5.26 Å². The topological polar surface area (TPSA) is 121 Å². The molecular formula is C38H28ClF2N7O2S. The van der Waals surface area contributed by atoms with Crippen LogP contribution in [0.25, 0.3) is 32.0 Å². The number of hydrogen-bond acceptors (Lipinski definition) is 9. The van der Waals surface area contributed by atoms with Crippen LogP contribution in [-0.4, -0.2) is 37.5 Å². The SMILES string of the molecule is Cc1nnc(-c2c(CCc3ccc(F)cc3)nc3c(c2-c2cc4ccnc(N[C@@H]5CCc6c5cc(Cl)c(C#N)c6F)c4s2)C(=O)N2CCCC32)o1. The molecule has 1 saturated heterocycles. The van der Waals surface area contributed by atoms with Crippen LogP contribution in [0.15, 0.2) is 53.1 Å². The molecule has 0 radical (unpaired) electrons. The Kier molecular flexibility index (Phi) is 7.59. The van der Waals surface area contributed by atoms with Crippen molar-refractivity contribution in [1.82, 2.24) is 25.1 Å². The van der Waals surface area contributed by atoms with Crippen LogP contribution < -0.4 is 5.32 Å². The predicted octanol–water partition coefficient (Wildman–Crippen LogP) is 8.70.